The first kappa shape index (κ1) is 25.6. The van der Waals surface area contributed by atoms with Gasteiger partial charge < -0.3 is 20.3 Å². The van der Waals surface area contributed by atoms with E-state index in [1.165, 1.54) is 0 Å². The van der Waals surface area contributed by atoms with Gasteiger partial charge in [0.2, 0.25) is 0 Å². The van der Waals surface area contributed by atoms with Crippen LogP contribution in [0.5, 0.6) is 0 Å². The number of benzene rings is 1. The van der Waals surface area contributed by atoms with E-state index in [9.17, 15) is 4.79 Å². The van der Waals surface area contributed by atoms with Gasteiger partial charge in [-0.05, 0) is 82.3 Å². The van der Waals surface area contributed by atoms with Crippen LogP contribution in [0.1, 0.15) is 51.3 Å². The number of rotatable bonds is 3. The number of pyridine rings is 1. The maximum absolute atomic E-state index is 12.5. The molecule has 4 bridgehead atoms. The van der Waals surface area contributed by atoms with Crippen LogP contribution in [0.3, 0.4) is 0 Å². The van der Waals surface area contributed by atoms with Crippen molar-refractivity contribution in [2.75, 3.05) is 17.7 Å². The molecule has 1 unspecified atom stereocenters. The van der Waals surface area contributed by atoms with Crippen molar-refractivity contribution in [3.63, 3.8) is 0 Å². The molecule has 0 spiro atoms. The number of allylic oxidation sites excluding steroid dienone is 1. The van der Waals surface area contributed by atoms with Gasteiger partial charge in [0.25, 0.3) is 0 Å². The third-order valence-corrected chi connectivity index (χ3v) is 5.63. The molecule has 1 aromatic heterocycles. The van der Waals surface area contributed by atoms with Crippen LogP contribution in [0, 0.1) is 0 Å². The zero-order valence-electron chi connectivity index (χ0n) is 20.8. The highest BCUT2D eigenvalue weighted by Crippen LogP contribution is 2.23. The largest absolute Gasteiger partial charge is 0.444 e. The molecule has 0 aliphatic carbocycles. The molecule has 2 heterocycles. The standard InChI is InChI=1S/C26H34ClN5O2/c1-7-23(27)24-30-17(2)29-22-12-18(14-28-15-22)8-9-19-13-21(31-24)11-10-20(19)16-32(6)25(33)34-26(3,4)5/h7,10-15,17,29H,8-9,16H2,1-6H3,(H,30,31)/b23-7+. The Morgan fingerprint density at radius 1 is 1.24 bits per heavy atom. The first-order valence-electron chi connectivity index (χ1n) is 11.5. The van der Waals surface area contributed by atoms with Crippen LogP contribution in [0.2, 0.25) is 0 Å². The minimum absolute atomic E-state index is 0.213. The molecule has 1 atom stereocenters. The summed E-state index contributed by atoms with van der Waals surface area (Å²) in [5.74, 6) is 0.581. The van der Waals surface area contributed by atoms with E-state index in [2.05, 4.69) is 27.8 Å². The predicted molar refractivity (Wildman–Crippen MR) is 140 cm³/mol. The number of carbonyl (C=O) groups is 1. The smallest absolute Gasteiger partial charge is 0.410 e. The summed E-state index contributed by atoms with van der Waals surface area (Å²) in [5, 5.41) is 7.27. The molecule has 8 heteroatoms. The molecule has 2 N–H and O–H groups in total. The quantitative estimate of drug-likeness (QED) is 0.563. The molecule has 0 radical (unpaired) electrons. The van der Waals surface area contributed by atoms with Crippen LogP contribution in [0.4, 0.5) is 16.2 Å². The van der Waals surface area contributed by atoms with Crippen molar-refractivity contribution < 1.29 is 9.53 Å². The lowest BCUT2D eigenvalue weighted by Gasteiger charge is -2.25. The molecule has 7 nitrogen and oxygen atoms in total. The van der Waals surface area contributed by atoms with E-state index in [0.29, 0.717) is 17.4 Å². The second kappa shape index (κ2) is 10.9. The van der Waals surface area contributed by atoms with Gasteiger partial charge in [-0.25, -0.2) is 9.79 Å². The van der Waals surface area contributed by atoms with Gasteiger partial charge >= 0.3 is 6.09 Å². The van der Waals surface area contributed by atoms with Gasteiger partial charge in [0.05, 0.1) is 16.9 Å². The first-order chi connectivity index (χ1) is 16.0. The molecule has 34 heavy (non-hydrogen) atoms. The number of carbonyl (C=O) groups excluding carboxylic acids is 1. The molecular weight excluding hydrogens is 450 g/mol. The van der Waals surface area contributed by atoms with E-state index in [1.807, 2.05) is 59.0 Å². The van der Waals surface area contributed by atoms with Crippen molar-refractivity contribution in [1.29, 1.82) is 0 Å². The minimum atomic E-state index is -0.542. The van der Waals surface area contributed by atoms with Gasteiger partial charge in [0, 0.05) is 25.5 Å². The van der Waals surface area contributed by atoms with Crippen molar-refractivity contribution in [2.45, 2.75) is 65.8 Å². The number of halogens is 1. The van der Waals surface area contributed by atoms with Crippen LogP contribution in [0.15, 0.2) is 52.8 Å². The van der Waals surface area contributed by atoms with E-state index in [0.717, 1.165) is 40.9 Å². The molecule has 0 saturated heterocycles. The Kier molecular flexibility index (Phi) is 8.20. The molecule has 0 saturated carbocycles. The van der Waals surface area contributed by atoms with Crippen molar-refractivity contribution in [2.24, 2.45) is 4.99 Å². The molecule has 1 aliphatic heterocycles. The maximum atomic E-state index is 12.5. The Morgan fingerprint density at radius 2 is 2.00 bits per heavy atom. The lowest BCUT2D eigenvalue weighted by atomic mass is 9.99. The van der Waals surface area contributed by atoms with Crippen LogP contribution in [-0.4, -0.2) is 40.6 Å². The lowest BCUT2D eigenvalue weighted by Crippen LogP contribution is -2.34. The normalized spacial score (nSPS) is 18.1. The molecule has 1 aliphatic rings. The highest BCUT2D eigenvalue weighted by molar-refractivity contribution is 6.44. The summed E-state index contributed by atoms with van der Waals surface area (Å²) in [5.41, 5.74) is 4.55. The molecule has 1 aromatic carbocycles. The van der Waals surface area contributed by atoms with Crippen LogP contribution in [0.25, 0.3) is 0 Å². The number of aromatic nitrogens is 1. The second-order valence-electron chi connectivity index (χ2n) is 9.46. The number of amides is 1. The summed E-state index contributed by atoms with van der Waals surface area (Å²) in [4.78, 5) is 23.3. The molecule has 182 valence electrons. The monoisotopic (exact) mass is 483 g/mol. The van der Waals surface area contributed by atoms with E-state index in [4.69, 9.17) is 21.3 Å². The molecular formula is C26H34ClN5O2. The predicted octanol–water partition coefficient (Wildman–Crippen LogP) is 5.96. The van der Waals surface area contributed by atoms with Crippen molar-refractivity contribution in [1.82, 2.24) is 9.88 Å². The number of ether oxygens (including phenoxy) is 1. The van der Waals surface area contributed by atoms with Gasteiger partial charge in [0.1, 0.15) is 17.6 Å². The Balaban J connectivity index is 1.97. The second-order valence-corrected chi connectivity index (χ2v) is 9.87. The van der Waals surface area contributed by atoms with Crippen LogP contribution < -0.4 is 10.6 Å². The van der Waals surface area contributed by atoms with E-state index in [-0.39, 0.29) is 12.3 Å². The summed E-state index contributed by atoms with van der Waals surface area (Å²) in [6, 6.07) is 8.21. The number of hydrogen-bond acceptors (Lipinski definition) is 6. The number of nitrogens with one attached hydrogen (secondary N) is 2. The molecule has 3 rings (SSSR count). The Bertz CT molecular complexity index is 1090. The van der Waals surface area contributed by atoms with Gasteiger partial charge in [0.15, 0.2) is 0 Å². The number of nitrogens with zero attached hydrogens (tertiary/aromatic N) is 3. The first-order valence-corrected chi connectivity index (χ1v) is 11.9. The minimum Gasteiger partial charge on any atom is -0.444 e. The number of amidine groups is 1. The summed E-state index contributed by atoms with van der Waals surface area (Å²) >= 11 is 6.47. The number of anilines is 2. The Morgan fingerprint density at radius 3 is 2.71 bits per heavy atom. The van der Waals surface area contributed by atoms with E-state index in [1.54, 1.807) is 18.1 Å². The highest BCUT2D eigenvalue weighted by atomic mass is 35.5. The lowest BCUT2D eigenvalue weighted by molar-refractivity contribution is 0.0285. The summed E-state index contributed by atoms with van der Waals surface area (Å²) in [6.07, 6.45) is 6.53. The Labute approximate surface area is 207 Å². The zero-order valence-corrected chi connectivity index (χ0v) is 21.5. The topological polar surface area (TPSA) is 78.9 Å². The molecule has 2 aromatic rings. The number of aryl methyl sites for hydroxylation is 2. The van der Waals surface area contributed by atoms with Gasteiger partial charge in [-0.3, -0.25) is 4.98 Å². The fourth-order valence-corrected chi connectivity index (χ4v) is 3.72. The molecule has 1 amide bonds. The van der Waals surface area contributed by atoms with E-state index < -0.39 is 5.60 Å². The third-order valence-electron chi connectivity index (χ3n) is 5.24. The number of aliphatic imine (C=N–C) groups is 1. The highest BCUT2D eigenvalue weighted by Gasteiger charge is 2.21. The van der Waals surface area contributed by atoms with Gasteiger partial charge in [-0.15, -0.1) is 0 Å². The molecule has 0 fully saturated rings. The zero-order chi connectivity index (χ0) is 24.9. The van der Waals surface area contributed by atoms with Crippen molar-refractivity contribution in [3.05, 3.63) is 64.5 Å². The third kappa shape index (κ3) is 7.22. The van der Waals surface area contributed by atoms with E-state index >= 15 is 0 Å². The van der Waals surface area contributed by atoms with Crippen molar-refractivity contribution >= 4 is 34.9 Å². The van der Waals surface area contributed by atoms with Gasteiger partial charge in [-0.2, -0.15) is 0 Å². The summed E-state index contributed by atoms with van der Waals surface area (Å²) in [7, 11) is 1.75. The average molecular weight is 484 g/mol. The van der Waals surface area contributed by atoms with Crippen molar-refractivity contribution in [3.8, 4) is 0 Å². The maximum Gasteiger partial charge on any atom is 0.410 e. The summed E-state index contributed by atoms with van der Waals surface area (Å²) < 4.78 is 5.52. The fourth-order valence-electron chi connectivity index (χ4n) is 3.63. The van der Waals surface area contributed by atoms with Gasteiger partial charge in [-0.1, -0.05) is 23.7 Å². The SMILES string of the molecule is C/C=C(Cl)\C1=N/C(C)Nc2cncc(c2)CCc2cc(ccc2CN(C)C(=O)OC(C)(C)C)N1. The fraction of sp³-hybridized carbons (Fsp3) is 0.423. The Hall–Kier alpha value is -3.06. The van der Waals surface area contributed by atoms with Crippen LogP contribution >= 0.6 is 11.6 Å². The van der Waals surface area contributed by atoms with Crippen LogP contribution in [-0.2, 0) is 24.1 Å². The number of hydrogen-bond donors (Lipinski definition) is 2. The summed E-state index contributed by atoms with van der Waals surface area (Å²) in [6.45, 7) is 9.88. The average Bonchev–Trinajstić information content (AvgIpc) is 2.77. The number of fused-ring (bicyclic) bond motifs is 4.